The zero-order valence-corrected chi connectivity index (χ0v) is 17.0. The van der Waals surface area contributed by atoms with Crippen molar-refractivity contribution >= 4 is 29.5 Å². The topological polar surface area (TPSA) is 61.2 Å². The maximum Gasteiger partial charge on any atom is 0.316 e. The van der Waals surface area contributed by atoms with Gasteiger partial charge in [-0.25, -0.2) is 4.98 Å². The molecule has 3 rings (SSSR count). The van der Waals surface area contributed by atoms with Gasteiger partial charge in [-0.1, -0.05) is 24.8 Å². The molecule has 2 aromatic rings. The molecule has 138 valence electrons. The van der Waals surface area contributed by atoms with Crippen LogP contribution in [-0.4, -0.2) is 33.1 Å². The Kier molecular flexibility index (Phi) is 5.77. The summed E-state index contributed by atoms with van der Waals surface area (Å²) in [4.78, 5) is 30.4. The summed E-state index contributed by atoms with van der Waals surface area (Å²) in [7, 11) is 0. The Morgan fingerprint density at radius 1 is 1.35 bits per heavy atom. The second kappa shape index (κ2) is 7.88. The number of thioether (sulfide) groups is 2. The number of carbonyl (C=O) groups excluding carboxylic acids is 1. The summed E-state index contributed by atoms with van der Waals surface area (Å²) in [5, 5.41) is 0.879. The molecule has 1 aliphatic heterocycles. The van der Waals surface area contributed by atoms with Gasteiger partial charge in [-0.2, -0.15) is 0 Å². The highest BCUT2D eigenvalue weighted by Gasteiger charge is 2.27. The van der Waals surface area contributed by atoms with E-state index in [0.717, 1.165) is 33.8 Å². The number of ether oxygens (including phenoxy) is 1. The molecule has 0 radical (unpaired) electrons. The van der Waals surface area contributed by atoms with Crippen LogP contribution in [0.4, 0.5) is 0 Å². The number of aryl methyl sites for hydroxylation is 2. The molecule has 0 N–H and O–H groups in total. The maximum atomic E-state index is 13.2. The quantitative estimate of drug-likeness (QED) is 0.442. The van der Waals surface area contributed by atoms with E-state index in [-0.39, 0.29) is 17.3 Å². The van der Waals surface area contributed by atoms with Crippen LogP contribution in [0.25, 0.3) is 5.69 Å². The van der Waals surface area contributed by atoms with E-state index < -0.39 is 0 Å². The summed E-state index contributed by atoms with van der Waals surface area (Å²) in [6, 6.07) is 6.01. The molecule has 0 saturated carbocycles. The highest BCUT2D eigenvalue weighted by molar-refractivity contribution is 8.00. The molecule has 1 atom stereocenters. The van der Waals surface area contributed by atoms with Crippen LogP contribution >= 0.6 is 23.5 Å². The van der Waals surface area contributed by atoms with E-state index in [2.05, 4.69) is 13.0 Å². The monoisotopic (exact) mass is 390 g/mol. The van der Waals surface area contributed by atoms with Gasteiger partial charge in [-0.3, -0.25) is 14.2 Å². The third-order valence-corrected chi connectivity index (χ3v) is 6.10. The Labute approximate surface area is 161 Å². The van der Waals surface area contributed by atoms with Crippen LogP contribution in [0, 0.1) is 13.8 Å². The third kappa shape index (κ3) is 3.99. The van der Waals surface area contributed by atoms with Crippen molar-refractivity contribution in [2.24, 2.45) is 0 Å². The summed E-state index contributed by atoms with van der Waals surface area (Å²) in [5.74, 6) is -0.172. The fourth-order valence-corrected chi connectivity index (χ4v) is 4.95. The van der Waals surface area contributed by atoms with E-state index in [0.29, 0.717) is 17.0 Å². The molecule has 5 nitrogen and oxygen atoms in total. The molecule has 1 aromatic carbocycles. The van der Waals surface area contributed by atoms with Crippen LogP contribution in [0.1, 0.15) is 30.7 Å². The molecule has 7 heteroatoms. The minimum absolute atomic E-state index is 0.0549. The fraction of sp³-hybridized carbons (Fsp3) is 0.421. The summed E-state index contributed by atoms with van der Waals surface area (Å²) in [6.07, 6.45) is 0.774. The normalized spacial score (nSPS) is 15.8. The van der Waals surface area contributed by atoms with Crippen molar-refractivity contribution in [3.63, 3.8) is 0 Å². The van der Waals surface area contributed by atoms with Crippen molar-refractivity contribution in [1.82, 2.24) is 9.55 Å². The number of hydrogen-bond acceptors (Lipinski definition) is 6. The van der Waals surface area contributed by atoms with Crippen molar-refractivity contribution < 1.29 is 9.53 Å². The van der Waals surface area contributed by atoms with Gasteiger partial charge in [0, 0.05) is 11.7 Å². The Morgan fingerprint density at radius 2 is 2.04 bits per heavy atom. The lowest BCUT2D eigenvalue weighted by Crippen LogP contribution is -2.24. The number of aromatic nitrogens is 2. The molecule has 1 aliphatic rings. The van der Waals surface area contributed by atoms with Crippen molar-refractivity contribution in [2.45, 2.75) is 49.4 Å². The molecule has 0 aliphatic carbocycles. The van der Waals surface area contributed by atoms with Crippen LogP contribution in [0.2, 0.25) is 0 Å². The zero-order valence-electron chi connectivity index (χ0n) is 15.4. The minimum Gasteiger partial charge on any atom is -0.465 e. The molecule has 26 heavy (non-hydrogen) atoms. The van der Waals surface area contributed by atoms with E-state index in [1.165, 1.54) is 11.8 Å². The summed E-state index contributed by atoms with van der Waals surface area (Å²) in [5.41, 5.74) is 3.72. The summed E-state index contributed by atoms with van der Waals surface area (Å²) >= 11 is 2.83. The van der Waals surface area contributed by atoms with Crippen molar-refractivity contribution in [3.8, 4) is 5.69 Å². The summed E-state index contributed by atoms with van der Waals surface area (Å²) < 4.78 is 6.64. The van der Waals surface area contributed by atoms with E-state index in [1.54, 1.807) is 23.3 Å². The Balaban J connectivity index is 2.09. The zero-order chi connectivity index (χ0) is 18.8. The largest absolute Gasteiger partial charge is 0.465 e. The lowest BCUT2D eigenvalue weighted by Gasteiger charge is -2.14. The standard InChI is InChI=1S/C19H22N2O3S2/c1-5-24-16(22)10-25-19-20-15-9-13(4)26-17(15)18(23)21(19)14-7-11(2)6-12(3)8-14/h6-8,13H,5,9-10H2,1-4H3/t13-/m0/s1. The smallest absolute Gasteiger partial charge is 0.316 e. The van der Waals surface area contributed by atoms with Crippen molar-refractivity contribution in [3.05, 3.63) is 45.4 Å². The van der Waals surface area contributed by atoms with Crippen LogP contribution in [0.5, 0.6) is 0 Å². The maximum absolute atomic E-state index is 13.2. The van der Waals surface area contributed by atoms with Crippen LogP contribution in [-0.2, 0) is 16.0 Å². The minimum atomic E-state index is -0.304. The van der Waals surface area contributed by atoms with Gasteiger partial charge in [0.2, 0.25) is 0 Å². The molecule has 0 unspecified atom stereocenters. The first kappa shape index (κ1) is 19.0. The number of rotatable bonds is 5. The van der Waals surface area contributed by atoms with Gasteiger partial charge in [-0.15, -0.1) is 11.8 Å². The Bertz CT molecular complexity index is 888. The first-order valence-electron chi connectivity index (χ1n) is 8.58. The van der Waals surface area contributed by atoms with Crippen molar-refractivity contribution in [2.75, 3.05) is 12.4 Å². The van der Waals surface area contributed by atoms with E-state index in [4.69, 9.17) is 9.72 Å². The molecule has 1 aromatic heterocycles. The first-order chi connectivity index (χ1) is 12.4. The number of nitrogens with zero attached hydrogens (tertiary/aromatic N) is 2. The van der Waals surface area contributed by atoms with Gasteiger partial charge in [0.05, 0.1) is 28.6 Å². The van der Waals surface area contributed by atoms with Gasteiger partial charge in [0.25, 0.3) is 5.56 Å². The average molecular weight is 391 g/mol. The van der Waals surface area contributed by atoms with Crippen LogP contribution < -0.4 is 5.56 Å². The van der Waals surface area contributed by atoms with Gasteiger partial charge >= 0.3 is 5.97 Å². The van der Waals surface area contributed by atoms with Crippen LogP contribution in [0.15, 0.2) is 33.0 Å². The highest BCUT2D eigenvalue weighted by atomic mass is 32.2. The molecule has 0 saturated heterocycles. The molecular weight excluding hydrogens is 368 g/mol. The van der Waals surface area contributed by atoms with Crippen molar-refractivity contribution in [1.29, 1.82) is 0 Å². The molecule has 2 heterocycles. The number of esters is 1. The summed E-state index contributed by atoms with van der Waals surface area (Å²) in [6.45, 7) is 8.23. The van der Waals surface area contributed by atoms with Gasteiger partial charge in [0.15, 0.2) is 5.16 Å². The predicted octanol–water partition coefficient (Wildman–Crippen LogP) is 3.54. The Hall–Kier alpha value is -1.73. The number of carbonyl (C=O) groups is 1. The Morgan fingerprint density at radius 3 is 2.69 bits per heavy atom. The van der Waals surface area contributed by atoms with E-state index in [1.807, 2.05) is 26.0 Å². The first-order valence-corrected chi connectivity index (χ1v) is 10.4. The van der Waals surface area contributed by atoms with Crippen LogP contribution in [0.3, 0.4) is 0 Å². The predicted molar refractivity (Wildman–Crippen MR) is 106 cm³/mol. The number of benzene rings is 1. The lowest BCUT2D eigenvalue weighted by atomic mass is 10.1. The molecule has 0 spiro atoms. The van der Waals surface area contributed by atoms with E-state index >= 15 is 0 Å². The highest BCUT2D eigenvalue weighted by Crippen LogP contribution is 2.35. The number of fused-ring (bicyclic) bond motifs is 1. The molecular formula is C19H22N2O3S2. The second-order valence-electron chi connectivity index (χ2n) is 6.38. The molecule has 0 fully saturated rings. The number of hydrogen-bond donors (Lipinski definition) is 0. The lowest BCUT2D eigenvalue weighted by molar-refractivity contribution is -0.139. The van der Waals surface area contributed by atoms with Gasteiger partial charge < -0.3 is 4.74 Å². The fourth-order valence-electron chi connectivity index (χ4n) is 3.03. The van der Waals surface area contributed by atoms with Gasteiger partial charge in [-0.05, 0) is 44.0 Å². The average Bonchev–Trinajstić information content (AvgIpc) is 2.93. The van der Waals surface area contributed by atoms with Gasteiger partial charge in [0.1, 0.15) is 0 Å². The second-order valence-corrected chi connectivity index (χ2v) is 8.77. The molecule has 0 amide bonds. The van der Waals surface area contributed by atoms with E-state index in [9.17, 15) is 9.59 Å². The third-order valence-electron chi connectivity index (χ3n) is 3.97. The molecule has 0 bridgehead atoms. The SMILES string of the molecule is CCOC(=O)CSc1nc2c(c(=O)n1-c1cc(C)cc(C)c1)S[C@@H](C)C2.